The lowest BCUT2D eigenvalue weighted by atomic mass is 9.48. The molecule has 0 radical (unpaired) electrons. The van der Waals surface area contributed by atoms with Crippen LogP contribution in [0.5, 0.6) is 0 Å². The Balaban J connectivity index is 1.49. The topological polar surface area (TPSA) is 104 Å². The van der Waals surface area contributed by atoms with Gasteiger partial charge in [-0.25, -0.2) is 4.79 Å². The first-order chi connectivity index (χ1) is 13.8. The van der Waals surface area contributed by atoms with Gasteiger partial charge < -0.3 is 20.1 Å². The van der Waals surface area contributed by atoms with Gasteiger partial charge in [0.05, 0.1) is 18.1 Å². The average Bonchev–Trinajstić information content (AvgIpc) is 3.43. The van der Waals surface area contributed by atoms with Crippen LogP contribution in [-0.2, 0) is 9.53 Å². The minimum atomic E-state index is -1.38. The Morgan fingerprint density at radius 1 is 1.28 bits per heavy atom. The van der Waals surface area contributed by atoms with Crippen LogP contribution in [0.3, 0.4) is 0 Å². The van der Waals surface area contributed by atoms with E-state index in [0.29, 0.717) is 36.0 Å². The standard InChI is InChI=1S/C23H28O6/c1-22-5-4-15-14-3-2-13(25)9-16(14)12(11-24)8-17(15)20(22)18-10-19(18)23(22,28)6-7-29-21(26)27/h6-7,9,11,14-15,17-20,24,28H,2-5,8,10H2,1H3,(H,26,27)/b7-6-,12-11?/t14-,15-,17-,18+,19-,20-,22+,23+/m1/s1. The molecule has 0 spiro atoms. The fraction of sp³-hybridized carbons (Fsp3) is 0.652. The number of hydrogen-bond donors (Lipinski definition) is 3. The Morgan fingerprint density at radius 3 is 2.79 bits per heavy atom. The molecule has 6 heteroatoms. The third kappa shape index (κ3) is 2.51. The van der Waals surface area contributed by atoms with E-state index in [0.717, 1.165) is 49.5 Å². The molecular weight excluding hydrogens is 372 g/mol. The highest BCUT2D eigenvalue weighted by molar-refractivity contribution is 5.92. The van der Waals surface area contributed by atoms with Crippen molar-refractivity contribution in [3.05, 3.63) is 35.8 Å². The van der Waals surface area contributed by atoms with E-state index >= 15 is 0 Å². The minimum absolute atomic E-state index is 0.135. The SMILES string of the molecule is C[C@]12CC[C@H]3[C@@H](CC(=CO)C4=CC(=O)CC[C@@H]43)[C@@H]1[C@H]1C[C@H]1[C@@]2(O)/C=C\OC(=O)O. The first-order valence-electron chi connectivity index (χ1n) is 10.7. The molecule has 5 aliphatic rings. The highest BCUT2D eigenvalue weighted by Gasteiger charge is 2.75. The molecule has 0 aromatic rings. The lowest BCUT2D eigenvalue weighted by Crippen LogP contribution is -2.54. The van der Waals surface area contributed by atoms with Crippen LogP contribution >= 0.6 is 0 Å². The van der Waals surface area contributed by atoms with Crippen molar-refractivity contribution in [2.45, 2.75) is 51.0 Å². The maximum absolute atomic E-state index is 12.0. The van der Waals surface area contributed by atoms with Crippen molar-refractivity contribution in [1.82, 2.24) is 0 Å². The van der Waals surface area contributed by atoms with Crippen LogP contribution in [0.25, 0.3) is 0 Å². The Morgan fingerprint density at radius 2 is 2.07 bits per heavy atom. The van der Waals surface area contributed by atoms with E-state index in [4.69, 9.17) is 5.11 Å². The Kier molecular flexibility index (Phi) is 4.05. The molecule has 8 atom stereocenters. The second kappa shape index (κ2) is 6.21. The Hall–Kier alpha value is -2.08. The smallest absolute Gasteiger partial charge is 0.510 e. The molecule has 0 amide bonds. The van der Waals surface area contributed by atoms with Gasteiger partial charge in [-0.3, -0.25) is 4.79 Å². The maximum Gasteiger partial charge on any atom is 0.510 e. The number of aliphatic hydroxyl groups excluding tert-OH is 1. The van der Waals surface area contributed by atoms with E-state index in [1.807, 2.05) is 0 Å². The van der Waals surface area contributed by atoms with Gasteiger partial charge in [-0.05, 0) is 90.9 Å². The van der Waals surface area contributed by atoms with Crippen LogP contribution in [0, 0.1) is 40.9 Å². The van der Waals surface area contributed by atoms with Gasteiger partial charge in [0.25, 0.3) is 0 Å². The van der Waals surface area contributed by atoms with Gasteiger partial charge in [0, 0.05) is 11.8 Å². The summed E-state index contributed by atoms with van der Waals surface area (Å²) in [6.07, 6.45) is 9.21. The summed E-state index contributed by atoms with van der Waals surface area (Å²) in [5.41, 5.74) is 0.506. The van der Waals surface area contributed by atoms with Crippen LogP contribution < -0.4 is 0 Å². The van der Waals surface area contributed by atoms with Crippen LogP contribution in [0.1, 0.15) is 45.4 Å². The van der Waals surface area contributed by atoms with Crippen LogP contribution in [0.15, 0.2) is 35.8 Å². The van der Waals surface area contributed by atoms with Gasteiger partial charge in [-0.15, -0.1) is 0 Å². The summed E-state index contributed by atoms with van der Waals surface area (Å²) in [6, 6.07) is 0. The Labute approximate surface area is 169 Å². The quantitative estimate of drug-likeness (QED) is 0.478. The highest BCUT2D eigenvalue weighted by atomic mass is 16.7. The van der Waals surface area contributed by atoms with E-state index in [-0.39, 0.29) is 17.1 Å². The first kappa shape index (κ1) is 18.9. The number of allylic oxidation sites excluding steroid dienone is 2. The van der Waals surface area contributed by atoms with Gasteiger partial charge in [0.15, 0.2) is 5.78 Å². The molecular formula is C23H28O6. The molecule has 0 bridgehead atoms. The molecule has 0 aromatic carbocycles. The highest BCUT2D eigenvalue weighted by Crippen LogP contribution is 2.76. The number of ether oxygens (including phenoxy) is 1. The molecule has 4 fully saturated rings. The number of carbonyl (C=O) groups is 2. The van der Waals surface area contributed by atoms with Crippen molar-refractivity contribution in [1.29, 1.82) is 0 Å². The molecule has 3 N–H and O–H groups in total. The molecule has 0 aliphatic heterocycles. The number of carbonyl (C=O) groups excluding carboxylic acids is 1. The molecule has 0 aromatic heterocycles. The van der Waals surface area contributed by atoms with E-state index < -0.39 is 11.8 Å². The summed E-state index contributed by atoms with van der Waals surface area (Å²) in [5, 5.41) is 30.4. The van der Waals surface area contributed by atoms with Gasteiger partial charge in [-0.1, -0.05) is 6.92 Å². The zero-order valence-electron chi connectivity index (χ0n) is 16.6. The fourth-order valence-electron chi connectivity index (χ4n) is 7.75. The number of carboxylic acid groups (broad SMARTS) is 1. The third-order valence-corrected chi connectivity index (χ3v) is 8.93. The second-order valence-electron chi connectivity index (χ2n) is 9.90. The molecule has 0 saturated heterocycles. The average molecular weight is 400 g/mol. The summed E-state index contributed by atoms with van der Waals surface area (Å²) in [7, 11) is 0. The van der Waals surface area contributed by atoms with Gasteiger partial charge in [0.1, 0.15) is 0 Å². The van der Waals surface area contributed by atoms with Crippen LogP contribution in [0.4, 0.5) is 4.79 Å². The number of ketones is 1. The van der Waals surface area contributed by atoms with E-state index in [9.17, 15) is 19.8 Å². The zero-order valence-corrected chi connectivity index (χ0v) is 16.6. The van der Waals surface area contributed by atoms with Crippen LogP contribution in [-0.4, -0.2) is 32.9 Å². The molecule has 0 unspecified atom stereocenters. The van der Waals surface area contributed by atoms with E-state index in [1.165, 1.54) is 6.26 Å². The number of rotatable bonds is 2. The predicted octanol–water partition coefficient (Wildman–Crippen LogP) is 3.98. The molecule has 5 aliphatic carbocycles. The first-order valence-corrected chi connectivity index (χ1v) is 10.7. The van der Waals surface area contributed by atoms with Gasteiger partial charge in [-0.2, -0.15) is 0 Å². The molecule has 0 heterocycles. The lowest BCUT2D eigenvalue weighted by Gasteiger charge is -2.57. The summed E-state index contributed by atoms with van der Waals surface area (Å²) < 4.78 is 4.58. The molecule has 29 heavy (non-hydrogen) atoms. The normalized spacial score (nSPS) is 49.1. The Bertz CT molecular complexity index is 855. The lowest BCUT2D eigenvalue weighted by molar-refractivity contribution is -0.118. The minimum Gasteiger partial charge on any atom is -0.515 e. The molecule has 4 saturated carbocycles. The van der Waals surface area contributed by atoms with Crippen molar-refractivity contribution >= 4 is 11.9 Å². The molecule has 6 nitrogen and oxygen atoms in total. The summed E-state index contributed by atoms with van der Waals surface area (Å²) in [4.78, 5) is 22.7. The second-order valence-corrected chi connectivity index (χ2v) is 9.90. The van der Waals surface area contributed by atoms with Crippen molar-refractivity contribution in [3.8, 4) is 0 Å². The maximum atomic E-state index is 12.0. The van der Waals surface area contributed by atoms with Crippen molar-refractivity contribution in [2.75, 3.05) is 0 Å². The third-order valence-electron chi connectivity index (χ3n) is 8.93. The van der Waals surface area contributed by atoms with Crippen molar-refractivity contribution in [2.24, 2.45) is 40.9 Å². The zero-order chi connectivity index (χ0) is 20.6. The monoisotopic (exact) mass is 400 g/mol. The molecule has 5 rings (SSSR count). The summed E-state index contributed by atoms with van der Waals surface area (Å²) in [6.45, 7) is 2.14. The predicted molar refractivity (Wildman–Crippen MR) is 104 cm³/mol. The van der Waals surface area contributed by atoms with Crippen LogP contribution in [0.2, 0.25) is 0 Å². The van der Waals surface area contributed by atoms with E-state index in [2.05, 4.69) is 11.7 Å². The van der Waals surface area contributed by atoms with E-state index in [1.54, 1.807) is 12.2 Å². The fourth-order valence-corrected chi connectivity index (χ4v) is 7.75. The number of aliphatic hydroxyl groups is 2. The molecule has 156 valence electrons. The summed E-state index contributed by atoms with van der Waals surface area (Å²) >= 11 is 0. The largest absolute Gasteiger partial charge is 0.515 e. The van der Waals surface area contributed by atoms with Crippen molar-refractivity contribution < 1.29 is 29.6 Å². The van der Waals surface area contributed by atoms with Gasteiger partial charge >= 0.3 is 6.16 Å². The van der Waals surface area contributed by atoms with Crippen molar-refractivity contribution in [3.63, 3.8) is 0 Å². The number of hydrogen-bond acceptors (Lipinski definition) is 5. The van der Waals surface area contributed by atoms with Gasteiger partial charge in [0.2, 0.25) is 0 Å². The summed E-state index contributed by atoms with van der Waals surface area (Å²) in [5.74, 6) is 2.17. The number of fused-ring (bicyclic) bond motifs is 7.